The van der Waals surface area contributed by atoms with E-state index in [0.29, 0.717) is 12.2 Å². The number of carbonyl (C=O) groups excluding carboxylic acids is 1. The predicted octanol–water partition coefficient (Wildman–Crippen LogP) is 3.92. The van der Waals surface area contributed by atoms with E-state index in [2.05, 4.69) is 87.4 Å². The van der Waals surface area contributed by atoms with Gasteiger partial charge in [0.2, 0.25) is 0 Å². The average molecular weight is 369 g/mol. The molecule has 0 fully saturated rings. The third-order valence-electron chi connectivity index (χ3n) is 5.45. The number of rotatable bonds is 6. The Morgan fingerprint density at radius 2 is 1.36 bits per heavy atom. The molecule has 0 bridgehead atoms. The maximum atomic E-state index is 11.5. The number of hydrogen-bond donors (Lipinski definition) is 0. The zero-order valence-electron chi connectivity index (χ0n) is 15.9. The van der Waals surface area contributed by atoms with Gasteiger partial charge in [-0.05, 0) is 12.5 Å². The van der Waals surface area contributed by atoms with Gasteiger partial charge in [-0.3, -0.25) is 0 Å². The Morgan fingerprint density at radius 3 is 1.84 bits per heavy atom. The van der Waals surface area contributed by atoms with Crippen LogP contribution in [0.25, 0.3) is 0 Å². The van der Waals surface area contributed by atoms with Gasteiger partial charge in [0, 0.05) is 5.57 Å². The molecule has 0 unspecified atom stereocenters. The van der Waals surface area contributed by atoms with Crippen molar-refractivity contribution in [3.8, 4) is 0 Å². The second-order valence-electron chi connectivity index (χ2n) is 7.67. The summed E-state index contributed by atoms with van der Waals surface area (Å²) in [6.45, 7) is 15.5. The van der Waals surface area contributed by atoms with Crippen molar-refractivity contribution in [2.75, 3.05) is 0 Å². The minimum atomic E-state index is -1.62. The summed E-state index contributed by atoms with van der Waals surface area (Å²) in [5, 5.41) is 2.98. The molecule has 0 aliphatic heterocycles. The molecule has 0 spiro atoms. The van der Waals surface area contributed by atoms with E-state index < -0.39 is 15.2 Å². The van der Waals surface area contributed by atoms with Crippen molar-refractivity contribution in [1.82, 2.24) is 0 Å². The van der Waals surface area contributed by atoms with Gasteiger partial charge >= 0.3 is 5.97 Å². The number of benzene rings is 2. The van der Waals surface area contributed by atoms with Crippen LogP contribution in [0.3, 0.4) is 0 Å². The number of hydrogen-bond acceptors (Lipinski definition) is 2. The lowest BCUT2D eigenvalue weighted by Crippen LogP contribution is -2.69. The van der Waals surface area contributed by atoms with E-state index in [1.807, 2.05) is 0 Å². The van der Waals surface area contributed by atoms with Crippen LogP contribution in [0.1, 0.15) is 12.5 Å². The van der Waals surface area contributed by atoms with E-state index in [4.69, 9.17) is 4.74 Å². The lowest BCUT2D eigenvalue weighted by Gasteiger charge is -2.39. The van der Waals surface area contributed by atoms with Gasteiger partial charge in [0.15, 0.2) is 0 Å². The molecule has 2 rings (SSSR count). The number of esters is 1. The second kappa shape index (κ2) is 7.54. The molecule has 0 saturated carbocycles. The lowest BCUT2D eigenvalue weighted by molar-refractivity contribution is -0.140. The molecule has 25 heavy (non-hydrogen) atoms. The Labute approximate surface area is 153 Å². The molecule has 0 aliphatic rings. The van der Waals surface area contributed by atoms with Crippen LogP contribution in [0.4, 0.5) is 0 Å². The van der Waals surface area contributed by atoms with Gasteiger partial charge in [-0.25, -0.2) is 4.79 Å². The highest BCUT2D eigenvalue weighted by atomic mass is 29.3. The highest BCUT2D eigenvalue weighted by Crippen LogP contribution is 2.20. The molecule has 0 atom stereocenters. The summed E-state index contributed by atoms with van der Waals surface area (Å²) in [5.74, 6) is -0.337. The topological polar surface area (TPSA) is 26.3 Å². The first kappa shape index (κ1) is 19.4. The highest BCUT2D eigenvalue weighted by molar-refractivity contribution is 7.49. The fourth-order valence-corrected chi connectivity index (χ4v) is 11.7. The van der Waals surface area contributed by atoms with E-state index in [-0.39, 0.29) is 5.97 Å². The van der Waals surface area contributed by atoms with E-state index in [1.54, 1.807) is 6.92 Å². The van der Waals surface area contributed by atoms with Crippen LogP contribution in [0.2, 0.25) is 26.2 Å². The van der Waals surface area contributed by atoms with Crippen LogP contribution in [0.5, 0.6) is 0 Å². The summed E-state index contributed by atoms with van der Waals surface area (Å²) in [6.07, 6.45) is 0. The maximum absolute atomic E-state index is 11.5. The molecule has 0 heterocycles. The van der Waals surface area contributed by atoms with Crippen molar-refractivity contribution in [3.63, 3.8) is 0 Å². The molecule has 0 N–H and O–H groups in total. The number of carbonyl (C=O) groups is 1. The molecule has 0 aliphatic carbocycles. The Bertz CT molecular complexity index is 747. The summed E-state index contributed by atoms with van der Waals surface area (Å²) in [4.78, 5) is 11.5. The molecule has 2 aromatic carbocycles. The molecule has 0 radical (unpaired) electrons. The van der Waals surface area contributed by atoms with Crippen LogP contribution >= 0.6 is 0 Å². The zero-order chi connectivity index (χ0) is 18.7. The van der Waals surface area contributed by atoms with Crippen molar-refractivity contribution < 1.29 is 9.53 Å². The normalized spacial score (nSPS) is 11.9. The van der Waals surface area contributed by atoms with Crippen LogP contribution in [-0.2, 0) is 16.1 Å². The fraction of sp³-hybridized carbons (Fsp3) is 0.286. The monoisotopic (exact) mass is 368 g/mol. The minimum absolute atomic E-state index is 0.299. The summed E-state index contributed by atoms with van der Waals surface area (Å²) in [6, 6.07) is 19.6. The molecule has 4 heteroatoms. The molecule has 132 valence electrons. The van der Waals surface area contributed by atoms with Crippen molar-refractivity contribution >= 4 is 31.5 Å². The molecular formula is C21H28O2Si2. The van der Waals surface area contributed by atoms with Gasteiger partial charge in [0.05, 0.1) is 15.2 Å². The number of ether oxygens (including phenoxy) is 1. The highest BCUT2D eigenvalue weighted by Gasteiger charge is 2.43. The van der Waals surface area contributed by atoms with Crippen LogP contribution in [0.15, 0.2) is 66.7 Å². The second-order valence-corrected chi connectivity index (χ2v) is 22.8. The van der Waals surface area contributed by atoms with Gasteiger partial charge in [-0.1, -0.05) is 97.7 Å². The minimum Gasteiger partial charge on any atom is -0.457 e. The first-order chi connectivity index (χ1) is 11.7. The Kier molecular flexibility index (Phi) is 5.85. The van der Waals surface area contributed by atoms with Gasteiger partial charge in [-0.15, -0.1) is 0 Å². The summed E-state index contributed by atoms with van der Waals surface area (Å²) in [5.41, 5.74) is 1.45. The zero-order valence-corrected chi connectivity index (χ0v) is 17.9. The van der Waals surface area contributed by atoms with Crippen molar-refractivity contribution in [3.05, 3.63) is 72.3 Å². The molecule has 0 aromatic heterocycles. The molecule has 2 nitrogen and oxygen atoms in total. The lowest BCUT2D eigenvalue weighted by atomic mass is 10.2. The summed E-state index contributed by atoms with van der Waals surface area (Å²) >= 11 is 0. The summed E-state index contributed by atoms with van der Waals surface area (Å²) < 4.78 is 5.23. The van der Waals surface area contributed by atoms with E-state index in [9.17, 15) is 4.79 Å². The predicted molar refractivity (Wildman–Crippen MR) is 112 cm³/mol. The van der Waals surface area contributed by atoms with Crippen LogP contribution in [-0.4, -0.2) is 21.2 Å². The first-order valence-corrected chi connectivity index (χ1v) is 15.6. The molecule has 0 saturated heterocycles. The van der Waals surface area contributed by atoms with Gasteiger partial charge in [-0.2, -0.15) is 0 Å². The Morgan fingerprint density at radius 1 is 0.880 bits per heavy atom. The first-order valence-electron chi connectivity index (χ1n) is 8.64. The van der Waals surface area contributed by atoms with Crippen LogP contribution in [0, 0.1) is 0 Å². The van der Waals surface area contributed by atoms with Crippen molar-refractivity contribution in [2.24, 2.45) is 0 Å². The van der Waals surface area contributed by atoms with E-state index in [0.717, 1.165) is 5.56 Å². The smallest absolute Gasteiger partial charge is 0.333 e. The SMILES string of the molecule is C=C(C)C(=O)OCc1ccc([Si](C)(C)[Si](C)(C)c2ccccc2)cc1. The Balaban J connectivity index is 2.20. The van der Waals surface area contributed by atoms with Crippen LogP contribution < -0.4 is 10.4 Å². The fourth-order valence-electron chi connectivity index (χ4n) is 2.87. The van der Waals surface area contributed by atoms with Gasteiger partial charge in [0.25, 0.3) is 0 Å². The van der Waals surface area contributed by atoms with E-state index >= 15 is 0 Å². The van der Waals surface area contributed by atoms with Crippen molar-refractivity contribution in [1.29, 1.82) is 0 Å². The standard InChI is InChI=1S/C21H28O2Si2/c1-17(2)21(22)23-16-18-12-14-20(15-13-18)25(5,6)24(3,4)19-10-8-7-9-11-19/h7-15H,1,16H2,2-6H3. The van der Waals surface area contributed by atoms with Gasteiger partial charge in [0.1, 0.15) is 6.61 Å². The molecule has 2 aromatic rings. The maximum Gasteiger partial charge on any atom is 0.333 e. The van der Waals surface area contributed by atoms with Gasteiger partial charge < -0.3 is 4.74 Å². The van der Waals surface area contributed by atoms with E-state index in [1.165, 1.54) is 10.4 Å². The average Bonchev–Trinajstić information content (AvgIpc) is 2.60. The Hall–Kier alpha value is -1.92. The molecular weight excluding hydrogens is 340 g/mol. The third-order valence-corrected chi connectivity index (χ3v) is 23.2. The quantitative estimate of drug-likeness (QED) is 0.439. The van der Waals surface area contributed by atoms with Crippen molar-refractivity contribution in [2.45, 2.75) is 39.7 Å². The summed E-state index contributed by atoms with van der Waals surface area (Å²) in [7, 11) is -3.19. The largest absolute Gasteiger partial charge is 0.457 e. The third kappa shape index (κ3) is 4.19. The molecule has 0 amide bonds.